The van der Waals surface area contributed by atoms with Crippen molar-refractivity contribution >= 4 is 35.1 Å². The first-order valence-corrected chi connectivity index (χ1v) is 6.90. The van der Waals surface area contributed by atoms with Crippen molar-refractivity contribution in [3.05, 3.63) is 54.5 Å². The van der Waals surface area contributed by atoms with E-state index in [0.717, 1.165) is 0 Å². The van der Waals surface area contributed by atoms with Gasteiger partial charge in [0.05, 0.1) is 6.26 Å². The Labute approximate surface area is 131 Å². The molecule has 0 saturated heterocycles. The summed E-state index contributed by atoms with van der Waals surface area (Å²) in [5.41, 5.74) is 6.95. The maximum Gasteiger partial charge on any atom is 0.325 e. The summed E-state index contributed by atoms with van der Waals surface area (Å²) in [5, 5.41) is 2.46. The molecule has 0 aliphatic rings. The number of amides is 1. The molecule has 0 atom stereocenters. The average Bonchev–Trinajstić information content (AvgIpc) is 3.15. The van der Waals surface area contributed by atoms with E-state index in [-0.39, 0.29) is 24.3 Å². The molecule has 0 fully saturated rings. The lowest BCUT2D eigenvalue weighted by Gasteiger charge is -2.00. The molecule has 0 saturated carbocycles. The van der Waals surface area contributed by atoms with E-state index in [0.29, 0.717) is 16.9 Å². The first-order chi connectivity index (χ1) is 11.2. The van der Waals surface area contributed by atoms with Gasteiger partial charge in [-0.05, 0) is 30.3 Å². The van der Waals surface area contributed by atoms with E-state index in [1.165, 1.54) is 0 Å². The van der Waals surface area contributed by atoms with E-state index in [1.807, 2.05) is 12.1 Å². The van der Waals surface area contributed by atoms with Gasteiger partial charge in [0.15, 0.2) is 5.58 Å². The number of oxazole rings is 1. The highest BCUT2D eigenvalue weighted by Gasteiger charge is 2.06. The highest BCUT2D eigenvalue weighted by molar-refractivity contribution is 5.97. The molecule has 0 aliphatic carbocycles. The minimum absolute atomic E-state index is 0.0760. The van der Waals surface area contributed by atoms with Gasteiger partial charge < -0.3 is 14.6 Å². The van der Waals surface area contributed by atoms with Crippen LogP contribution in [-0.4, -0.2) is 16.9 Å². The lowest BCUT2D eigenvalue weighted by atomic mass is 10.3. The van der Waals surface area contributed by atoms with Crippen molar-refractivity contribution in [2.24, 2.45) is 10.7 Å². The first kappa shape index (κ1) is 14.6. The van der Waals surface area contributed by atoms with Gasteiger partial charge in [-0.2, -0.15) is 9.98 Å². The van der Waals surface area contributed by atoms with E-state index in [4.69, 9.17) is 14.6 Å². The zero-order chi connectivity index (χ0) is 16.1. The van der Waals surface area contributed by atoms with Crippen molar-refractivity contribution in [1.29, 1.82) is 0 Å². The van der Waals surface area contributed by atoms with E-state index in [2.05, 4.69) is 15.3 Å². The molecule has 0 radical (unpaired) electrons. The molecule has 7 nitrogen and oxygen atoms in total. The van der Waals surface area contributed by atoms with Crippen LogP contribution in [-0.2, 0) is 4.79 Å². The van der Waals surface area contributed by atoms with Crippen LogP contribution in [0.4, 0.5) is 6.01 Å². The highest BCUT2D eigenvalue weighted by atomic mass is 16.4. The van der Waals surface area contributed by atoms with Gasteiger partial charge in [-0.25, -0.2) is 0 Å². The molecular formula is C16H14N4O3. The number of furan rings is 1. The fraction of sp³-hybridized carbons (Fsp3) is 0.0625. The van der Waals surface area contributed by atoms with Crippen LogP contribution >= 0.6 is 0 Å². The molecule has 0 aliphatic heterocycles. The normalized spacial score (nSPS) is 12.1. The number of fused-ring (bicyclic) bond motifs is 1. The van der Waals surface area contributed by atoms with Gasteiger partial charge in [0.25, 0.3) is 0 Å². The molecule has 2 aromatic heterocycles. The monoisotopic (exact) mass is 310 g/mol. The number of aliphatic imine (C=N–C) groups is 1. The average molecular weight is 310 g/mol. The van der Waals surface area contributed by atoms with Gasteiger partial charge in [0.1, 0.15) is 11.3 Å². The number of guanidine groups is 1. The number of nitrogens with one attached hydrogen (secondary N) is 1. The van der Waals surface area contributed by atoms with E-state index < -0.39 is 0 Å². The summed E-state index contributed by atoms with van der Waals surface area (Å²) in [6, 6.07) is 10.9. The zero-order valence-corrected chi connectivity index (χ0v) is 12.1. The molecule has 23 heavy (non-hydrogen) atoms. The number of hydrogen-bond donors (Lipinski definition) is 2. The van der Waals surface area contributed by atoms with Crippen LogP contribution in [0, 0.1) is 0 Å². The summed E-state index contributed by atoms with van der Waals surface area (Å²) >= 11 is 0. The van der Waals surface area contributed by atoms with E-state index >= 15 is 0 Å². The number of nitrogens with two attached hydrogens (primary N) is 1. The third-order valence-electron chi connectivity index (χ3n) is 2.89. The van der Waals surface area contributed by atoms with Crippen molar-refractivity contribution < 1.29 is 13.6 Å². The summed E-state index contributed by atoms with van der Waals surface area (Å²) in [6.07, 6.45) is 5.07. The minimum Gasteiger partial charge on any atom is -0.465 e. The summed E-state index contributed by atoms with van der Waals surface area (Å²) in [4.78, 5) is 19.8. The molecule has 1 aromatic carbocycles. The number of para-hydroxylation sites is 2. The SMILES string of the molecule is N/C(=N\c1nc2ccccc2o1)NC(=O)C/C=C/c1ccco1. The lowest BCUT2D eigenvalue weighted by molar-refractivity contribution is -0.118. The maximum atomic E-state index is 11.7. The quantitative estimate of drug-likeness (QED) is 0.569. The zero-order valence-electron chi connectivity index (χ0n) is 12.1. The predicted octanol–water partition coefficient (Wildman–Crippen LogP) is 2.59. The van der Waals surface area contributed by atoms with Crippen molar-refractivity contribution in [1.82, 2.24) is 10.3 Å². The van der Waals surface area contributed by atoms with Crippen LogP contribution in [0.2, 0.25) is 0 Å². The third kappa shape index (κ3) is 3.85. The van der Waals surface area contributed by atoms with Gasteiger partial charge in [0, 0.05) is 6.42 Å². The van der Waals surface area contributed by atoms with E-state index in [1.54, 1.807) is 42.7 Å². The highest BCUT2D eigenvalue weighted by Crippen LogP contribution is 2.19. The molecule has 0 spiro atoms. The Kier molecular flexibility index (Phi) is 4.19. The Morgan fingerprint density at radius 3 is 2.96 bits per heavy atom. The second-order valence-electron chi connectivity index (χ2n) is 4.63. The van der Waals surface area contributed by atoms with Gasteiger partial charge in [-0.1, -0.05) is 18.2 Å². The molecule has 0 bridgehead atoms. The molecule has 3 aromatic rings. The van der Waals surface area contributed by atoms with Crippen molar-refractivity contribution in [3.8, 4) is 0 Å². The Hall–Kier alpha value is -3.35. The summed E-state index contributed by atoms with van der Waals surface area (Å²) in [6.45, 7) is 0. The van der Waals surface area contributed by atoms with Crippen LogP contribution in [0.3, 0.4) is 0 Å². The second kappa shape index (κ2) is 6.61. The Morgan fingerprint density at radius 2 is 2.17 bits per heavy atom. The smallest absolute Gasteiger partial charge is 0.325 e. The molecule has 1 amide bonds. The van der Waals surface area contributed by atoms with Gasteiger partial charge in [-0.3, -0.25) is 10.1 Å². The number of carbonyl (C=O) groups excluding carboxylic acids is 1. The van der Waals surface area contributed by atoms with Crippen molar-refractivity contribution in [2.75, 3.05) is 0 Å². The summed E-state index contributed by atoms with van der Waals surface area (Å²) in [5.74, 6) is 0.295. The first-order valence-electron chi connectivity index (χ1n) is 6.90. The van der Waals surface area contributed by atoms with Gasteiger partial charge in [-0.15, -0.1) is 0 Å². The van der Waals surface area contributed by atoms with Crippen LogP contribution in [0.15, 0.2) is 62.6 Å². The van der Waals surface area contributed by atoms with Crippen LogP contribution in [0.25, 0.3) is 17.2 Å². The number of hydrogen-bond acceptors (Lipinski definition) is 5. The van der Waals surface area contributed by atoms with Crippen molar-refractivity contribution in [3.63, 3.8) is 0 Å². The topological polar surface area (TPSA) is 107 Å². The van der Waals surface area contributed by atoms with Gasteiger partial charge >= 0.3 is 6.01 Å². The fourth-order valence-electron chi connectivity index (χ4n) is 1.90. The van der Waals surface area contributed by atoms with E-state index in [9.17, 15) is 4.79 Å². The third-order valence-corrected chi connectivity index (χ3v) is 2.89. The fourth-order valence-corrected chi connectivity index (χ4v) is 1.90. The largest absolute Gasteiger partial charge is 0.465 e. The number of benzene rings is 1. The molecule has 0 unspecified atom stereocenters. The molecule has 116 valence electrons. The molecule has 7 heteroatoms. The summed E-state index contributed by atoms with van der Waals surface area (Å²) < 4.78 is 10.5. The van der Waals surface area contributed by atoms with Crippen LogP contribution in [0.1, 0.15) is 12.2 Å². The van der Waals surface area contributed by atoms with Crippen molar-refractivity contribution in [2.45, 2.75) is 6.42 Å². The standard InChI is InChI=1S/C16H14N4O3/c17-15(19-14(21)9-3-5-11-6-4-10-22-11)20-16-18-12-7-1-2-8-13(12)23-16/h1-8,10H,9H2,(H3,17,18,19,20,21)/b5-3+. The summed E-state index contributed by atoms with van der Waals surface area (Å²) in [7, 11) is 0. The Morgan fingerprint density at radius 1 is 1.30 bits per heavy atom. The number of nitrogens with zero attached hydrogens (tertiary/aromatic N) is 2. The second-order valence-corrected chi connectivity index (χ2v) is 4.63. The maximum absolute atomic E-state index is 11.7. The molecule has 3 rings (SSSR count). The lowest BCUT2D eigenvalue weighted by Crippen LogP contribution is -2.36. The Balaban J connectivity index is 1.59. The predicted molar refractivity (Wildman–Crippen MR) is 85.8 cm³/mol. The molecule has 2 heterocycles. The van der Waals surface area contributed by atoms with Gasteiger partial charge in [0.2, 0.25) is 11.9 Å². The minimum atomic E-state index is -0.301. The molecular weight excluding hydrogens is 296 g/mol. The molecule has 3 N–H and O–H groups in total. The van der Waals surface area contributed by atoms with Crippen LogP contribution < -0.4 is 11.1 Å². The number of rotatable bonds is 4. The Bertz CT molecular complexity index is 829. The number of aromatic nitrogens is 1. The van der Waals surface area contributed by atoms with Crippen LogP contribution in [0.5, 0.6) is 0 Å². The number of carbonyl (C=O) groups is 1.